The maximum Gasteiger partial charge on any atom is 0.0948 e. The molecule has 2 fully saturated rings. The third-order valence-corrected chi connectivity index (χ3v) is 5.77. The zero-order valence-corrected chi connectivity index (χ0v) is 14.9. The molecule has 0 bridgehead atoms. The van der Waals surface area contributed by atoms with Gasteiger partial charge in [0.05, 0.1) is 29.5 Å². The van der Waals surface area contributed by atoms with E-state index in [9.17, 15) is 5.11 Å². The Hall–Kier alpha value is -0.900. The zero-order chi connectivity index (χ0) is 16.8. The molecule has 0 saturated carbocycles. The Balaban J connectivity index is 1.80. The average Bonchev–Trinajstić information content (AvgIpc) is 3.30. The molecule has 0 aromatic rings. The quantitative estimate of drug-likeness (QED) is 0.741. The van der Waals surface area contributed by atoms with E-state index in [2.05, 4.69) is 33.4 Å². The fourth-order valence-corrected chi connectivity index (χ4v) is 3.83. The first-order chi connectivity index (χ1) is 10.7. The van der Waals surface area contributed by atoms with Crippen LogP contribution in [0.4, 0.5) is 0 Å². The van der Waals surface area contributed by atoms with Crippen molar-refractivity contribution < 1.29 is 14.6 Å². The number of aliphatic hydroxyl groups is 1. The largest absolute Gasteiger partial charge is 0.388 e. The van der Waals surface area contributed by atoms with Crippen molar-refractivity contribution >= 4 is 0 Å². The van der Waals surface area contributed by atoms with Gasteiger partial charge in [-0.3, -0.25) is 0 Å². The Bertz CT molecular complexity index is 561. The van der Waals surface area contributed by atoms with Crippen molar-refractivity contribution in [1.29, 1.82) is 0 Å². The van der Waals surface area contributed by atoms with E-state index >= 15 is 0 Å². The third-order valence-electron chi connectivity index (χ3n) is 5.77. The zero-order valence-electron chi connectivity index (χ0n) is 14.9. The Morgan fingerprint density at radius 2 is 1.83 bits per heavy atom. The molecule has 1 aliphatic carbocycles. The van der Waals surface area contributed by atoms with E-state index in [1.54, 1.807) is 0 Å². The molecule has 0 aromatic heterocycles. The van der Waals surface area contributed by atoms with Crippen molar-refractivity contribution in [3.63, 3.8) is 0 Å². The van der Waals surface area contributed by atoms with Gasteiger partial charge in [-0.25, -0.2) is 0 Å². The van der Waals surface area contributed by atoms with Crippen LogP contribution in [0.1, 0.15) is 59.8 Å². The number of fused-ring (bicyclic) bond motifs is 2. The Kier molecular flexibility index (Phi) is 4.33. The monoisotopic (exact) mass is 318 g/mol. The summed E-state index contributed by atoms with van der Waals surface area (Å²) >= 11 is 0. The van der Waals surface area contributed by atoms with E-state index in [4.69, 9.17) is 9.47 Å². The second kappa shape index (κ2) is 5.87. The van der Waals surface area contributed by atoms with Crippen LogP contribution in [0, 0.1) is 0 Å². The highest BCUT2D eigenvalue weighted by molar-refractivity contribution is 5.35. The van der Waals surface area contributed by atoms with Crippen molar-refractivity contribution in [2.75, 3.05) is 0 Å². The SMILES string of the molecule is C=C(C)C1=CC=C(C)CCC2OC2(C)CCC2OC2(C)CC1O. The summed E-state index contributed by atoms with van der Waals surface area (Å²) in [6.45, 7) is 12.5. The number of allylic oxidation sites excluding steroid dienone is 3. The van der Waals surface area contributed by atoms with Crippen molar-refractivity contribution in [2.45, 2.75) is 89.3 Å². The van der Waals surface area contributed by atoms with Gasteiger partial charge in [-0.1, -0.05) is 29.9 Å². The van der Waals surface area contributed by atoms with Crippen LogP contribution in [0.15, 0.2) is 35.5 Å². The lowest BCUT2D eigenvalue weighted by Crippen LogP contribution is -2.23. The van der Waals surface area contributed by atoms with Crippen LogP contribution in [0.2, 0.25) is 0 Å². The number of ether oxygens (including phenoxy) is 2. The third kappa shape index (κ3) is 3.62. The summed E-state index contributed by atoms with van der Waals surface area (Å²) in [4.78, 5) is 0. The van der Waals surface area contributed by atoms with Crippen LogP contribution < -0.4 is 0 Å². The molecule has 3 aliphatic rings. The molecule has 2 saturated heterocycles. The van der Waals surface area contributed by atoms with Crippen LogP contribution in [-0.4, -0.2) is 34.6 Å². The van der Waals surface area contributed by atoms with E-state index < -0.39 is 6.10 Å². The Morgan fingerprint density at radius 3 is 2.52 bits per heavy atom. The van der Waals surface area contributed by atoms with Gasteiger partial charge in [0.2, 0.25) is 0 Å². The molecule has 2 aliphatic heterocycles. The van der Waals surface area contributed by atoms with Crippen LogP contribution in [0.25, 0.3) is 0 Å². The highest BCUT2D eigenvalue weighted by Crippen LogP contribution is 2.49. The minimum absolute atomic E-state index is 0.0363. The van der Waals surface area contributed by atoms with Gasteiger partial charge in [-0.2, -0.15) is 0 Å². The maximum absolute atomic E-state index is 10.6. The molecule has 0 amide bonds. The number of hydrogen-bond acceptors (Lipinski definition) is 3. The number of epoxide rings is 2. The summed E-state index contributed by atoms with van der Waals surface area (Å²) in [5.41, 5.74) is 2.99. The predicted octanol–water partition coefficient (Wildman–Crippen LogP) is 4.08. The van der Waals surface area contributed by atoms with Gasteiger partial charge in [-0.05, 0) is 59.0 Å². The lowest BCUT2D eigenvalue weighted by molar-refractivity contribution is 0.160. The first-order valence-corrected chi connectivity index (χ1v) is 8.80. The fourth-order valence-electron chi connectivity index (χ4n) is 3.83. The second-order valence-electron chi connectivity index (χ2n) is 8.05. The minimum Gasteiger partial charge on any atom is -0.388 e. The van der Waals surface area contributed by atoms with Crippen molar-refractivity contribution in [3.05, 3.63) is 35.5 Å². The first-order valence-electron chi connectivity index (χ1n) is 8.80. The molecule has 3 heteroatoms. The number of hydrogen-bond donors (Lipinski definition) is 1. The summed E-state index contributed by atoms with van der Waals surface area (Å²) < 4.78 is 11.9. The van der Waals surface area contributed by atoms with Crippen LogP contribution >= 0.6 is 0 Å². The van der Waals surface area contributed by atoms with Crippen LogP contribution in [0.3, 0.4) is 0 Å². The highest BCUT2D eigenvalue weighted by Gasteiger charge is 2.56. The molecule has 0 radical (unpaired) electrons. The van der Waals surface area contributed by atoms with E-state index in [-0.39, 0.29) is 17.3 Å². The predicted molar refractivity (Wildman–Crippen MR) is 92.3 cm³/mol. The molecule has 0 spiro atoms. The van der Waals surface area contributed by atoms with Crippen LogP contribution in [-0.2, 0) is 9.47 Å². The van der Waals surface area contributed by atoms with Gasteiger partial charge in [0.1, 0.15) is 0 Å². The van der Waals surface area contributed by atoms with Gasteiger partial charge < -0.3 is 14.6 Å². The summed E-state index contributed by atoms with van der Waals surface area (Å²) in [5.74, 6) is 0. The molecule has 5 atom stereocenters. The van der Waals surface area contributed by atoms with Gasteiger partial charge >= 0.3 is 0 Å². The molecular formula is C20H30O3. The van der Waals surface area contributed by atoms with Gasteiger partial charge in [0.25, 0.3) is 0 Å². The van der Waals surface area contributed by atoms with E-state index in [0.717, 1.165) is 36.8 Å². The molecule has 2 heterocycles. The molecule has 5 unspecified atom stereocenters. The van der Waals surface area contributed by atoms with Crippen molar-refractivity contribution in [2.24, 2.45) is 0 Å². The number of aliphatic hydroxyl groups excluding tert-OH is 1. The van der Waals surface area contributed by atoms with E-state index in [1.165, 1.54) is 5.57 Å². The van der Waals surface area contributed by atoms with Gasteiger partial charge in [0.15, 0.2) is 0 Å². The average molecular weight is 318 g/mol. The summed E-state index contributed by atoms with van der Waals surface area (Å²) in [6, 6.07) is 0. The second-order valence-corrected chi connectivity index (χ2v) is 8.05. The minimum atomic E-state index is -0.519. The smallest absolute Gasteiger partial charge is 0.0948 e. The van der Waals surface area contributed by atoms with Crippen molar-refractivity contribution in [3.8, 4) is 0 Å². The molecule has 3 nitrogen and oxygen atoms in total. The normalized spacial score (nSPS) is 44.1. The number of rotatable bonds is 1. The molecular weight excluding hydrogens is 288 g/mol. The van der Waals surface area contributed by atoms with Crippen molar-refractivity contribution in [1.82, 2.24) is 0 Å². The first kappa shape index (κ1) is 16.9. The standard InChI is InChI=1S/C20H30O3/c1-13(2)15-8-6-14(3)7-9-17-19(4,22-17)11-10-18-20(5,23-18)12-16(15)21/h6,8,16-18,21H,1,7,9-12H2,2-5H3. The lowest BCUT2D eigenvalue weighted by Gasteiger charge is -2.18. The highest BCUT2D eigenvalue weighted by atomic mass is 16.6. The summed E-state index contributed by atoms with van der Waals surface area (Å²) in [7, 11) is 0. The molecule has 128 valence electrons. The summed E-state index contributed by atoms with van der Waals surface area (Å²) in [5, 5.41) is 10.6. The molecule has 3 rings (SSSR count). The summed E-state index contributed by atoms with van der Waals surface area (Å²) in [6.07, 6.45) is 9.04. The fraction of sp³-hybridized carbons (Fsp3) is 0.700. The van der Waals surface area contributed by atoms with E-state index in [1.807, 2.05) is 13.0 Å². The molecule has 1 N–H and O–H groups in total. The Labute approximate surface area is 140 Å². The maximum atomic E-state index is 10.6. The topological polar surface area (TPSA) is 45.3 Å². The van der Waals surface area contributed by atoms with E-state index in [0.29, 0.717) is 12.5 Å². The van der Waals surface area contributed by atoms with Gasteiger partial charge in [-0.15, -0.1) is 0 Å². The lowest BCUT2D eigenvalue weighted by atomic mass is 9.88. The van der Waals surface area contributed by atoms with Gasteiger partial charge in [0, 0.05) is 6.42 Å². The Morgan fingerprint density at radius 1 is 1.17 bits per heavy atom. The molecule has 23 heavy (non-hydrogen) atoms. The van der Waals surface area contributed by atoms with Crippen LogP contribution in [0.5, 0.6) is 0 Å². The molecule has 0 aromatic carbocycles.